The highest BCUT2D eigenvalue weighted by Gasteiger charge is 2.06. The Bertz CT molecular complexity index is 610. The predicted molar refractivity (Wildman–Crippen MR) is 64.2 cm³/mol. The Hall–Kier alpha value is -2.04. The summed E-state index contributed by atoms with van der Waals surface area (Å²) in [5.41, 5.74) is 1.65. The van der Waals surface area contributed by atoms with Gasteiger partial charge in [0.1, 0.15) is 0 Å². The molecule has 0 radical (unpaired) electrons. The fraction of sp³-hybridized carbons (Fsp3) is 0.333. The van der Waals surface area contributed by atoms with Crippen LogP contribution in [-0.4, -0.2) is 20.9 Å². The lowest BCUT2D eigenvalue weighted by Gasteiger charge is -1.98. The maximum Gasteiger partial charge on any atom is 0.303 e. The van der Waals surface area contributed by atoms with Crippen LogP contribution in [0.2, 0.25) is 0 Å². The van der Waals surface area contributed by atoms with Crippen LogP contribution in [-0.2, 0) is 17.8 Å². The van der Waals surface area contributed by atoms with Crippen molar-refractivity contribution in [2.24, 2.45) is 0 Å². The first-order valence-electron chi connectivity index (χ1n) is 5.55. The van der Waals surface area contributed by atoms with Crippen molar-refractivity contribution in [3.63, 3.8) is 0 Å². The second-order valence-electron chi connectivity index (χ2n) is 3.93. The first-order valence-corrected chi connectivity index (χ1v) is 5.55. The van der Waals surface area contributed by atoms with Gasteiger partial charge in [-0.1, -0.05) is 6.07 Å². The monoisotopic (exact) mass is 234 g/mol. The molecule has 0 spiro atoms. The summed E-state index contributed by atoms with van der Waals surface area (Å²) in [4.78, 5) is 22.3. The number of nitrogens with one attached hydrogen (secondary N) is 1. The quantitative estimate of drug-likeness (QED) is 0.838. The standard InChI is InChI=1S/C12H14N2O3/c1-2-14-12(17)9-5-3-8(4-6-11(15)16)7-10(9)13-14/h3,5,7,13H,2,4,6H2,1H3,(H,15,16). The Kier molecular flexibility index (Phi) is 2.99. The lowest BCUT2D eigenvalue weighted by Crippen LogP contribution is -2.14. The van der Waals surface area contributed by atoms with Gasteiger partial charge in [-0.2, -0.15) is 0 Å². The first-order chi connectivity index (χ1) is 8.11. The number of aryl methyl sites for hydroxylation is 2. The summed E-state index contributed by atoms with van der Waals surface area (Å²) in [7, 11) is 0. The maximum atomic E-state index is 11.8. The molecule has 2 aromatic rings. The molecule has 0 aliphatic rings. The zero-order valence-electron chi connectivity index (χ0n) is 9.56. The number of H-pyrrole nitrogens is 1. The van der Waals surface area contributed by atoms with Gasteiger partial charge in [0.15, 0.2) is 0 Å². The van der Waals surface area contributed by atoms with E-state index in [2.05, 4.69) is 5.10 Å². The molecule has 0 aliphatic heterocycles. The van der Waals surface area contributed by atoms with Crippen molar-refractivity contribution < 1.29 is 9.90 Å². The van der Waals surface area contributed by atoms with Crippen molar-refractivity contribution in [3.05, 3.63) is 34.1 Å². The van der Waals surface area contributed by atoms with Crippen LogP contribution in [0.15, 0.2) is 23.0 Å². The highest BCUT2D eigenvalue weighted by atomic mass is 16.4. The maximum absolute atomic E-state index is 11.8. The Morgan fingerprint density at radius 3 is 2.88 bits per heavy atom. The van der Waals surface area contributed by atoms with Crippen LogP contribution in [0.25, 0.3) is 10.9 Å². The summed E-state index contributed by atoms with van der Waals surface area (Å²) in [5.74, 6) is -0.815. The molecular formula is C12H14N2O3. The van der Waals surface area contributed by atoms with Gasteiger partial charge in [0.05, 0.1) is 10.9 Å². The Labute approximate surface area is 97.7 Å². The molecule has 0 fully saturated rings. The van der Waals surface area contributed by atoms with E-state index in [-0.39, 0.29) is 12.0 Å². The van der Waals surface area contributed by atoms with E-state index in [0.717, 1.165) is 11.1 Å². The number of hydrogen-bond acceptors (Lipinski definition) is 2. The number of carbonyl (C=O) groups is 1. The van der Waals surface area contributed by atoms with Gasteiger partial charge in [-0.3, -0.25) is 19.4 Å². The zero-order chi connectivity index (χ0) is 12.4. The Balaban J connectivity index is 2.37. The van der Waals surface area contributed by atoms with Crippen LogP contribution in [0.5, 0.6) is 0 Å². The number of nitrogens with zero attached hydrogens (tertiary/aromatic N) is 1. The number of hydrogen-bond donors (Lipinski definition) is 2. The average molecular weight is 234 g/mol. The minimum Gasteiger partial charge on any atom is -0.481 e. The van der Waals surface area contributed by atoms with Crippen molar-refractivity contribution in [2.45, 2.75) is 26.3 Å². The highest BCUT2D eigenvalue weighted by Crippen LogP contribution is 2.12. The fourth-order valence-corrected chi connectivity index (χ4v) is 1.84. The van der Waals surface area contributed by atoms with Gasteiger partial charge < -0.3 is 5.11 Å². The van der Waals surface area contributed by atoms with E-state index >= 15 is 0 Å². The van der Waals surface area contributed by atoms with E-state index in [1.54, 1.807) is 12.1 Å². The van der Waals surface area contributed by atoms with Gasteiger partial charge in [-0.25, -0.2) is 0 Å². The van der Waals surface area contributed by atoms with E-state index in [1.807, 2.05) is 13.0 Å². The van der Waals surface area contributed by atoms with Crippen molar-refractivity contribution in [1.82, 2.24) is 9.78 Å². The molecule has 1 aromatic carbocycles. The van der Waals surface area contributed by atoms with Crippen LogP contribution in [0.1, 0.15) is 18.9 Å². The second kappa shape index (κ2) is 4.45. The zero-order valence-corrected chi connectivity index (χ0v) is 9.56. The van der Waals surface area contributed by atoms with Gasteiger partial charge in [-0.15, -0.1) is 0 Å². The van der Waals surface area contributed by atoms with Crippen molar-refractivity contribution in [2.75, 3.05) is 0 Å². The molecule has 1 aromatic heterocycles. The Morgan fingerprint density at radius 2 is 2.24 bits per heavy atom. The lowest BCUT2D eigenvalue weighted by atomic mass is 10.1. The number of benzene rings is 1. The summed E-state index contributed by atoms with van der Waals surface area (Å²) in [5, 5.41) is 12.3. The average Bonchev–Trinajstić information content (AvgIpc) is 2.63. The van der Waals surface area contributed by atoms with E-state index in [4.69, 9.17) is 5.11 Å². The molecule has 90 valence electrons. The third-order valence-corrected chi connectivity index (χ3v) is 2.76. The molecule has 0 amide bonds. The number of aromatic nitrogens is 2. The number of aliphatic carboxylic acids is 1. The third-order valence-electron chi connectivity index (χ3n) is 2.76. The van der Waals surface area contributed by atoms with Crippen LogP contribution in [0, 0.1) is 0 Å². The number of carboxylic acids is 1. The van der Waals surface area contributed by atoms with Crippen molar-refractivity contribution in [1.29, 1.82) is 0 Å². The Morgan fingerprint density at radius 1 is 1.47 bits per heavy atom. The number of carboxylic acid groups (broad SMARTS) is 1. The van der Waals surface area contributed by atoms with E-state index in [0.29, 0.717) is 18.4 Å². The molecule has 5 heteroatoms. The summed E-state index contributed by atoms with van der Waals surface area (Å²) in [6.45, 7) is 2.49. The van der Waals surface area contributed by atoms with Gasteiger partial charge in [0, 0.05) is 13.0 Å². The minimum atomic E-state index is -0.815. The molecule has 5 nitrogen and oxygen atoms in total. The van der Waals surface area contributed by atoms with E-state index < -0.39 is 5.97 Å². The lowest BCUT2D eigenvalue weighted by molar-refractivity contribution is -0.136. The third kappa shape index (κ3) is 2.22. The predicted octanol–water partition coefficient (Wildman–Crippen LogP) is 1.37. The summed E-state index contributed by atoms with van der Waals surface area (Å²) in [6, 6.07) is 5.39. The topological polar surface area (TPSA) is 75.1 Å². The molecule has 0 bridgehead atoms. The van der Waals surface area contributed by atoms with Crippen molar-refractivity contribution in [3.8, 4) is 0 Å². The molecule has 0 saturated heterocycles. The molecule has 0 aliphatic carbocycles. The minimum absolute atomic E-state index is 0.0349. The van der Waals surface area contributed by atoms with E-state index in [1.165, 1.54) is 4.68 Å². The molecule has 17 heavy (non-hydrogen) atoms. The fourth-order valence-electron chi connectivity index (χ4n) is 1.84. The number of rotatable bonds is 4. The molecular weight excluding hydrogens is 220 g/mol. The van der Waals surface area contributed by atoms with Gasteiger partial charge in [0.2, 0.25) is 0 Å². The van der Waals surface area contributed by atoms with Crippen LogP contribution < -0.4 is 5.56 Å². The second-order valence-corrected chi connectivity index (χ2v) is 3.93. The summed E-state index contributed by atoms with van der Waals surface area (Å²) in [6.07, 6.45) is 0.578. The smallest absolute Gasteiger partial charge is 0.303 e. The van der Waals surface area contributed by atoms with Crippen LogP contribution in [0.4, 0.5) is 0 Å². The normalized spacial score (nSPS) is 10.9. The van der Waals surface area contributed by atoms with Gasteiger partial charge in [-0.05, 0) is 31.0 Å². The van der Waals surface area contributed by atoms with Crippen LogP contribution >= 0.6 is 0 Å². The first kappa shape index (κ1) is 11.4. The largest absolute Gasteiger partial charge is 0.481 e. The van der Waals surface area contributed by atoms with E-state index in [9.17, 15) is 9.59 Å². The summed E-state index contributed by atoms with van der Waals surface area (Å²) >= 11 is 0. The van der Waals surface area contributed by atoms with Gasteiger partial charge in [0.25, 0.3) is 5.56 Å². The molecule has 1 heterocycles. The summed E-state index contributed by atoms with van der Waals surface area (Å²) < 4.78 is 1.53. The van der Waals surface area contributed by atoms with Gasteiger partial charge >= 0.3 is 5.97 Å². The molecule has 0 unspecified atom stereocenters. The molecule has 0 atom stereocenters. The molecule has 2 N–H and O–H groups in total. The van der Waals surface area contributed by atoms with Crippen LogP contribution in [0.3, 0.4) is 0 Å². The SMILES string of the molecule is CCn1[nH]c2cc(CCC(=O)O)ccc2c1=O. The number of aromatic amines is 1. The van der Waals surface area contributed by atoms with Crippen molar-refractivity contribution >= 4 is 16.9 Å². The molecule has 0 saturated carbocycles. The highest BCUT2D eigenvalue weighted by molar-refractivity contribution is 5.78. The number of fused-ring (bicyclic) bond motifs is 1. The molecule has 2 rings (SSSR count).